The summed E-state index contributed by atoms with van der Waals surface area (Å²) in [6.45, 7) is 3.66. The lowest BCUT2D eigenvalue weighted by molar-refractivity contribution is 0.503. The molecule has 5 nitrogen and oxygen atoms in total. The molecule has 0 aliphatic carbocycles. The first-order valence-corrected chi connectivity index (χ1v) is 7.56. The molecular weight excluding hydrogens is 238 g/mol. The highest BCUT2D eigenvalue weighted by atomic mass is 32.2. The Morgan fingerprint density at radius 1 is 1.53 bits per heavy atom. The zero-order chi connectivity index (χ0) is 13.2. The first-order chi connectivity index (χ1) is 7.75. The molecule has 0 fully saturated rings. The van der Waals surface area contributed by atoms with Gasteiger partial charge in [-0.1, -0.05) is 0 Å². The van der Waals surface area contributed by atoms with Gasteiger partial charge in [0, 0.05) is 31.5 Å². The Labute approximate surface area is 103 Å². The quantitative estimate of drug-likeness (QED) is 0.825. The molecule has 6 heteroatoms. The van der Waals surface area contributed by atoms with Crippen molar-refractivity contribution in [2.75, 3.05) is 13.3 Å². The smallest absolute Gasteiger partial charge is 0.151 e. The summed E-state index contributed by atoms with van der Waals surface area (Å²) in [6, 6.07) is 1.89. The van der Waals surface area contributed by atoms with Crippen molar-refractivity contribution in [3.63, 3.8) is 0 Å². The average molecular weight is 259 g/mol. The maximum absolute atomic E-state index is 11.5. The lowest BCUT2D eigenvalue weighted by Crippen LogP contribution is -2.42. The molecular formula is C11H21N3O2S. The second-order valence-corrected chi connectivity index (χ2v) is 6.94. The molecule has 0 bridgehead atoms. The molecule has 98 valence electrons. The van der Waals surface area contributed by atoms with E-state index in [2.05, 4.69) is 10.4 Å². The molecule has 0 aliphatic heterocycles. The molecule has 0 radical (unpaired) electrons. The Morgan fingerprint density at radius 2 is 2.12 bits per heavy atom. The Hall–Kier alpha value is -0.880. The maximum atomic E-state index is 11.5. The van der Waals surface area contributed by atoms with Crippen LogP contribution in [0.2, 0.25) is 0 Å². The third-order valence-corrected chi connectivity index (χ3v) is 4.82. The van der Waals surface area contributed by atoms with E-state index in [1.165, 1.54) is 6.26 Å². The predicted octanol–water partition coefficient (Wildman–Crippen LogP) is 0.292. The van der Waals surface area contributed by atoms with Gasteiger partial charge in [-0.15, -0.1) is 0 Å². The Bertz CT molecular complexity index is 479. The van der Waals surface area contributed by atoms with E-state index in [1.807, 2.05) is 20.0 Å². The van der Waals surface area contributed by atoms with Crippen LogP contribution in [-0.2, 0) is 23.3 Å². The fourth-order valence-corrected chi connectivity index (χ4v) is 2.71. The molecule has 17 heavy (non-hydrogen) atoms. The lowest BCUT2D eigenvalue weighted by atomic mass is 10.1. The van der Waals surface area contributed by atoms with Gasteiger partial charge in [0.2, 0.25) is 0 Å². The molecule has 1 aromatic rings. The normalized spacial score (nSPS) is 15.8. The number of sulfone groups is 1. The largest absolute Gasteiger partial charge is 0.315 e. The van der Waals surface area contributed by atoms with Crippen LogP contribution in [0.1, 0.15) is 18.3 Å². The molecule has 1 N–H and O–H groups in total. The van der Waals surface area contributed by atoms with Crippen LogP contribution in [0.5, 0.6) is 0 Å². The van der Waals surface area contributed by atoms with E-state index in [0.717, 1.165) is 11.4 Å². The Kier molecular flexibility index (Phi) is 4.32. The molecule has 0 saturated carbocycles. The Balaban J connectivity index is 2.88. The SMILES string of the molecule is CNC(Cc1cc(C)nn1C)C(C)S(C)(=O)=O. The molecule has 1 aromatic heterocycles. The molecule has 2 atom stereocenters. The third-order valence-electron chi connectivity index (χ3n) is 3.14. The number of aromatic nitrogens is 2. The van der Waals surface area contributed by atoms with Crippen LogP contribution in [0.25, 0.3) is 0 Å². The van der Waals surface area contributed by atoms with Crippen LogP contribution in [-0.4, -0.2) is 42.8 Å². The summed E-state index contributed by atoms with van der Waals surface area (Å²) in [5.41, 5.74) is 1.99. The number of nitrogens with one attached hydrogen (secondary N) is 1. The molecule has 0 saturated heterocycles. The van der Waals surface area contributed by atoms with E-state index >= 15 is 0 Å². The molecule has 1 rings (SSSR count). The summed E-state index contributed by atoms with van der Waals surface area (Å²) < 4.78 is 24.9. The van der Waals surface area contributed by atoms with Gasteiger partial charge in [0.25, 0.3) is 0 Å². The first-order valence-electron chi connectivity index (χ1n) is 5.61. The zero-order valence-electron chi connectivity index (χ0n) is 11.1. The van der Waals surface area contributed by atoms with Gasteiger partial charge in [-0.3, -0.25) is 4.68 Å². The maximum Gasteiger partial charge on any atom is 0.151 e. The molecule has 2 unspecified atom stereocenters. The summed E-state index contributed by atoms with van der Waals surface area (Å²) in [7, 11) is 0.630. The number of aryl methyl sites for hydroxylation is 2. The van der Waals surface area contributed by atoms with E-state index < -0.39 is 15.1 Å². The highest BCUT2D eigenvalue weighted by molar-refractivity contribution is 7.91. The first kappa shape index (κ1) is 14.2. The van der Waals surface area contributed by atoms with E-state index in [0.29, 0.717) is 6.42 Å². The summed E-state index contributed by atoms with van der Waals surface area (Å²) in [5, 5.41) is 6.92. The monoisotopic (exact) mass is 259 g/mol. The standard InChI is InChI=1S/C11H21N3O2S/c1-8-6-10(14(4)13-8)7-11(12-3)9(2)17(5,15)16/h6,9,11-12H,7H2,1-5H3. The minimum absolute atomic E-state index is 0.0974. The summed E-state index contributed by atoms with van der Waals surface area (Å²) in [4.78, 5) is 0. The second-order valence-electron chi connectivity index (χ2n) is 4.53. The van der Waals surface area contributed by atoms with Crippen molar-refractivity contribution in [2.24, 2.45) is 7.05 Å². The highest BCUT2D eigenvalue weighted by Crippen LogP contribution is 2.11. The van der Waals surface area contributed by atoms with E-state index in [4.69, 9.17) is 0 Å². The molecule has 0 amide bonds. The highest BCUT2D eigenvalue weighted by Gasteiger charge is 2.25. The van der Waals surface area contributed by atoms with Crippen LogP contribution >= 0.6 is 0 Å². The minimum Gasteiger partial charge on any atom is -0.315 e. The number of hydrogen-bond acceptors (Lipinski definition) is 4. The molecule has 0 spiro atoms. The van der Waals surface area contributed by atoms with Gasteiger partial charge in [-0.25, -0.2) is 8.42 Å². The summed E-state index contributed by atoms with van der Waals surface area (Å²) in [6.07, 6.45) is 1.93. The van der Waals surface area contributed by atoms with Gasteiger partial charge >= 0.3 is 0 Å². The fraction of sp³-hybridized carbons (Fsp3) is 0.727. The molecule has 0 aliphatic rings. The van der Waals surface area contributed by atoms with Gasteiger partial charge in [-0.2, -0.15) is 5.10 Å². The van der Waals surface area contributed by atoms with Crippen molar-refractivity contribution >= 4 is 9.84 Å². The van der Waals surface area contributed by atoms with Gasteiger partial charge in [-0.05, 0) is 27.0 Å². The second kappa shape index (κ2) is 5.18. The van der Waals surface area contributed by atoms with Crippen molar-refractivity contribution in [3.8, 4) is 0 Å². The molecule has 0 aromatic carbocycles. The van der Waals surface area contributed by atoms with E-state index in [1.54, 1.807) is 18.7 Å². The number of rotatable bonds is 5. The summed E-state index contributed by atoms with van der Waals surface area (Å²) in [5.74, 6) is 0. The fourth-order valence-electron chi connectivity index (χ4n) is 1.88. The van der Waals surface area contributed by atoms with Crippen LogP contribution in [0.15, 0.2) is 6.07 Å². The number of nitrogens with zero attached hydrogens (tertiary/aromatic N) is 2. The van der Waals surface area contributed by atoms with Crippen molar-refractivity contribution in [1.82, 2.24) is 15.1 Å². The van der Waals surface area contributed by atoms with Gasteiger partial charge in [0.1, 0.15) is 0 Å². The lowest BCUT2D eigenvalue weighted by Gasteiger charge is -2.22. The van der Waals surface area contributed by atoms with E-state index in [-0.39, 0.29) is 6.04 Å². The van der Waals surface area contributed by atoms with E-state index in [9.17, 15) is 8.42 Å². The van der Waals surface area contributed by atoms with Gasteiger partial charge in [0.15, 0.2) is 9.84 Å². The van der Waals surface area contributed by atoms with Crippen molar-refractivity contribution in [1.29, 1.82) is 0 Å². The number of hydrogen-bond donors (Lipinski definition) is 1. The zero-order valence-corrected chi connectivity index (χ0v) is 11.9. The predicted molar refractivity (Wildman–Crippen MR) is 68.8 cm³/mol. The van der Waals surface area contributed by atoms with Crippen molar-refractivity contribution in [3.05, 3.63) is 17.5 Å². The molecule has 1 heterocycles. The minimum atomic E-state index is -3.03. The van der Waals surface area contributed by atoms with Crippen LogP contribution in [0.4, 0.5) is 0 Å². The summed E-state index contributed by atoms with van der Waals surface area (Å²) >= 11 is 0. The Morgan fingerprint density at radius 3 is 2.47 bits per heavy atom. The third kappa shape index (κ3) is 3.54. The van der Waals surface area contributed by atoms with Gasteiger partial charge in [0.05, 0.1) is 10.9 Å². The van der Waals surface area contributed by atoms with Crippen LogP contribution in [0.3, 0.4) is 0 Å². The van der Waals surface area contributed by atoms with Crippen molar-refractivity contribution < 1.29 is 8.42 Å². The van der Waals surface area contributed by atoms with Crippen LogP contribution < -0.4 is 5.32 Å². The van der Waals surface area contributed by atoms with Crippen molar-refractivity contribution in [2.45, 2.75) is 31.6 Å². The average Bonchev–Trinajstić information content (AvgIpc) is 2.51. The van der Waals surface area contributed by atoms with Crippen LogP contribution in [0, 0.1) is 6.92 Å². The number of likely N-dealkylation sites (N-methyl/N-ethyl adjacent to an activating group) is 1. The topological polar surface area (TPSA) is 64.0 Å². The van der Waals surface area contributed by atoms with Gasteiger partial charge < -0.3 is 5.32 Å².